The third-order valence-electron chi connectivity index (χ3n) is 6.09. The highest BCUT2D eigenvalue weighted by molar-refractivity contribution is 6.65. The molecule has 3 heterocycles. The molecule has 1 amide bonds. The third kappa shape index (κ3) is 2.61. The van der Waals surface area contributed by atoms with Gasteiger partial charge in [-0.3, -0.25) is 0 Å². The first-order valence-electron chi connectivity index (χ1n) is 9.15. The van der Waals surface area contributed by atoms with Crippen molar-refractivity contribution in [2.24, 2.45) is 0 Å². The number of H-pyrrole nitrogens is 1. The summed E-state index contributed by atoms with van der Waals surface area (Å²) < 4.78 is 12.5. The van der Waals surface area contributed by atoms with Gasteiger partial charge in [0.2, 0.25) is 0 Å². The maximum atomic E-state index is 11.3. The van der Waals surface area contributed by atoms with E-state index in [9.17, 15) is 9.90 Å². The predicted molar refractivity (Wildman–Crippen MR) is 101 cm³/mol. The van der Waals surface area contributed by atoms with E-state index in [2.05, 4.69) is 44.8 Å². The molecule has 1 fully saturated rings. The van der Waals surface area contributed by atoms with Gasteiger partial charge in [-0.25, -0.2) is 4.79 Å². The fourth-order valence-electron chi connectivity index (χ4n) is 3.85. The lowest BCUT2D eigenvalue weighted by molar-refractivity contribution is 0.00578. The van der Waals surface area contributed by atoms with E-state index in [4.69, 9.17) is 9.31 Å². The first kappa shape index (κ1) is 17.4. The Morgan fingerprint density at radius 1 is 1.15 bits per heavy atom. The highest BCUT2D eigenvalue weighted by atomic mass is 16.7. The molecule has 2 aliphatic rings. The summed E-state index contributed by atoms with van der Waals surface area (Å²) in [7, 11) is -0.428. The zero-order valence-corrected chi connectivity index (χ0v) is 15.8. The zero-order valence-electron chi connectivity index (χ0n) is 15.8. The Balaban J connectivity index is 1.77. The minimum Gasteiger partial charge on any atom is -0.465 e. The molecule has 0 saturated carbocycles. The average molecular weight is 356 g/mol. The molecule has 0 unspecified atom stereocenters. The van der Waals surface area contributed by atoms with Crippen LogP contribution in [0.1, 0.15) is 39.0 Å². The summed E-state index contributed by atoms with van der Waals surface area (Å²) in [5.41, 5.74) is 3.59. The molecule has 0 aliphatic carbocycles. The van der Waals surface area contributed by atoms with Crippen LogP contribution in [0, 0.1) is 0 Å². The van der Waals surface area contributed by atoms with Gasteiger partial charge in [-0.1, -0.05) is 12.1 Å². The number of nitrogens with zero attached hydrogens (tertiary/aromatic N) is 1. The molecular formula is C19H25BN2O4. The second-order valence-corrected chi connectivity index (χ2v) is 8.21. The van der Waals surface area contributed by atoms with E-state index < -0.39 is 24.4 Å². The Morgan fingerprint density at radius 3 is 2.46 bits per heavy atom. The van der Waals surface area contributed by atoms with Crippen LogP contribution >= 0.6 is 0 Å². The second-order valence-electron chi connectivity index (χ2n) is 8.21. The number of fused-ring (bicyclic) bond motifs is 3. The van der Waals surface area contributed by atoms with Gasteiger partial charge in [-0.15, -0.1) is 0 Å². The van der Waals surface area contributed by atoms with Gasteiger partial charge in [0, 0.05) is 36.1 Å². The van der Waals surface area contributed by atoms with Crippen molar-refractivity contribution < 1.29 is 19.2 Å². The number of amides is 1. The molecule has 6 nitrogen and oxygen atoms in total. The molecule has 2 N–H and O–H groups in total. The van der Waals surface area contributed by atoms with Crippen molar-refractivity contribution in [3.63, 3.8) is 0 Å². The number of benzene rings is 1. The minimum absolute atomic E-state index is 0.396. The molecule has 138 valence electrons. The molecule has 1 aromatic heterocycles. The fourth-order valence-corrected chi connectivity index (χ4v) is 3.85. The molecule has 1 aromatic carbocycles. The average Bonchev–Trinajstić information content (AvgIpc) is 2.90. The van der Waals surface area contributed by atoms with Crippen LogP contribution in [0.15, 0.2) is 18.2 Å². The van der Waals surface area contributed by atoms with Gasteiger partial charge in [-0.05, 0) is 51.2 Å². The highest BCUT2D eigenvalue weighted by Gasteiger charge is 2.52. The number of rotatable bonds is 1. The van der Waals surface area contributed by atoms with Gasteiger partial charge >= 0.3 is 13.2 Å². The van der Waals surface area contributed by atoms with Crippen molar-refractivity contribution >= 4 is 29.6 Å². The van der Waals surface area contributed by atoms with Crippen molar-refractivity contribution in [3.05, 3.63) is 29.5 Å². The molecule has 2 aromatic rings. The van der Waals surface area contributed by atoms with Crippen LogP contribution in [0.5, 0.6) is 0 Å². The van der Waals surface area contributed by atoms with Crippen LogP contribution in [0.4, 0.5) is 4.79 Å². The maximum absolute atomic E-state index is 11.3. The Bertz CT molecular complexity index is 858. The van der Waals surface area contributed by atoms with E-state index in [0.29, 0.717) is 25.9 Å². The van der Waals surface area contributed by atoms with E-state index >= 15 is 0 Å². The van der Waals surface area contributed by atoms with E-state index in [1.807, 2.05) is 6.07 Å². The van der Waals surface area contributed by atoms with E-state index in [1.54, 1.807) is 0 Å². The maximum Gasteiger partial charge on any atom is 0.495 e. The Kier molecular flexibility index (Phi) is 3.86. The highest BCUT2D eigenvalue weighted by Crippen LogP contribution is 2.37. The van der Waals surface area contributed by atoms with Crippen LogP contribution in [-0.4, -0.2) is 52.5 Å². The Hall–Kier alpha value is -1.99. The molecular weight excluding hydrogens is 331 g/mol. The normalized spacial score (nSPS) is 21.7. The molecule has 2 aliphatic heterocycles. The van der Waals surface area contributed by atoms with Gasteiger partial charge in [0.15, 0.2) is 0 Å². The minimum atomic E-state index is -0.856. The Morgan fingerprint density at radius 2 is 1.81 bits per heavy atom. The van der Waals surface area contributed by atoms with E-state index in [0.717, 1.165) is 22.1 Å². The van der Waals surface area contributed by atoms with E-state index in [1.165, 1.54) is 10.5 Å². The molecule has 26 heavy (non-hydrogen) atoms. The zero-order chi connectivity index (χ0) is 18.7. The topological polar surface area (TPSA) is 74.8 Å². The van der Waals surface area contributed by atoms with Gasteiger partial charge in [0.25, 0.3) is 0 Å². The summed E-state index contributed by atoms with van der Waals surface area (Å²) in [6.07, 6.45) is 0.530. The van der Waals surface area contributed by atoms with Crippen molar-refractivity contribution in [1.82, 2.24) is 9.88 Å². The smallest absolute Gasteiger partial charge is 0.465 e. The van der Waals surface area contributed by atoms with E-state index in [-0.39, 0.29) is 0 Å². The molecule has 1 saturated heterocycles. The van der Waals surface area contributed by atoms with Crippen LogP contribution in [0.2, 0.25) is 0 Å². The number of hydrogen-bond donors (Lipinski definition) is 2. The molecule has 0 spiro atoms. The number of aromatic amines is 1. The Labute approximate surface area is 153 Å². The van der Waals surface area contributed by atoms with Crippen LogP contribution in [0.25, 0.3) is 10.9 Å². The van der Waals surface area contributed by atoms with Crippen LogP contribution in [0.3, 0.4) is 0 Å². The first-order valence-corrected chi connectivity index (χ1v) is 9.15. The van der Waals surface area contributed by atoms with Crippen molar-refractivity contribution in [2.45, 2.75) is 51.7 Å². The number of nitrogens with one attached hydrogen (secondary N) is 1. The number of aromatic nitrogens is 1. The molecule has 0 atom stereocenters. The molecule has 4 rings (SSSR count). The largest absolute Gasteiger partial charge is 0.495 e. The number of carbonyl (C=O) groups is 1. The summed E-state index contributed by atoms with van der Waals surface area (Å²) in [6.45, 7) is 9.23. The van der Waals surface area contributed by atoms with Crippen LogP contribution < -0.4 is 5.46 Å². The van der Waals surface area contributed by atoms with Gasteiger partial charge in [0.1, 0.15) is 0 Å². The molecule has 0 bridgehead atoms. The fraction of sp³-hybridized carbons (Fsp3) is 0.526. The number of hydrogen-bond acceptors (Lipinski definition) is 3. The van der Waals surface area contributed by atoms with Crippen LogP contribution in [-0.2, 0) is 22.2 Å². The predicted octanol–water partition coefficient (Wildman–Crippen LogP) is 2.55. The standard InChI is InChI=1S/C19H25BN2O4/c1-18(2)19(3,4)26-20(25-18)13-6-5-7-15-16(13)12-8-10-22(17(23)24)11-9-14(12)21-15/h5-7,21H,8-11H2,1-4H3,(H,23,24). The quantitative estimate of drug-likeness (QED) is 0.770. The molecule has 0 radical (unpaired) electrons. The second kappa shape index (κ2) is 5.76. The SMILES string of the molecule is CC1(C)OB(c2cccc3[nH]c4c(c23)CCN(C(=O)O)CC4)OC1(C)C. The third-order valence-corrected chi connectivity index (χ3v) is 6.09. The first-order chi connectivity index (χ1) is 12.2. The van der Waals surface area contributed by atoms with Crippen molar-refractivity contribution in [1.29, 1.82) is 0 Å². The van der Waals surface area contributed by atoms with Crippen molar-refractivity contribution in [3.8, 4) is 0 Å². The van der Waals surface area contributed by atoms with Gasteiger partial charge in [-0.2, -0.15) is 0 Å². The van der Waals surface area contributed by atoms with Gasteiger partial charge < -0.3 is 24.3 Å². The lowest BCUT2D eigenvalue weighted by Crippen LogP contribution is -2.41. The summed E-state index contributed by atoms with van der Waals surface area (Å²) >= 11 is 0. The lowest BCUT2D eigenvalue weighted by Gasteiger charge is -2.32. The summed E-state index contributed by atoms with van der Waals surface area (Å²) in [5, 5.41) is 10.4. The summed E-state index contributed by atoms with van der Waals surface area (Å²) in [5.74, 6) is 0. The molecule has 7 heteroatoms. The summed E-state index contributed by atoms with van der Waals surface area (Å²) in [4.78, 5) is 16.3. The van der Waals surface area contributed by atoms with Gasteiger partial charge in [0.05, 0.1) is 11.2 Å². The monoisotopic (exact) mass is 356 g/mol. The summed E-state index contributed by atoms with van der Waals surface area (Å²) in [6, 6.07) is 6.13. The van der Waals surface area contributed by atoms with Crippen molar-refractivity contribution in [2.75, 3.05) is 13.1 Å². The number of carboxylic acid groups (broad SMARTS) is 1. The lowest BCUT2D eigenvalue weighted by atomic mass is 9.76.